The van der Waals surface area contributed by atoms with Gasteiger partial charge in [0.1, 0.15) is 11.5 Å². The van der Waals surface area contributed by atoms with Gasteiger partial charge in [-0.1, -0.05) is 6.08 Å². The van der Waals surface area contributed by atoms with Crippen LogP contribution < -0.4 is 0 Å². The molecule has 0 saturated carbocycles. The molecule has 0 aliphatic carbocycles. The van der Waals surface area contributed by atoms with E-state index in [2.05, 4.69) is 15.9 Å². The summed E-state index contributed by atoms with van der Waals surface area (Å²) >= 11 is 5.00. The molecule has 0 radical (unpaired) electrons. The maximum atomic E-state index is 9.30. The number of rotatable bonds is 2. The predicted octanol–water partition coefficient (Wildman–Crippen LogP) is 4.09. The van der Waals surface area contributed by atoms with E-state index in [1.807, 2.05) is 23.6 Å². The smallest absolute Gasteiger partial charge is 0.119 e. The van der Waals surface area contributed by atoms with Crippen LogP contribution >= 0.6 is 27.3 Å². The predicted molar refractivity (Wildman–Crippen MR) is 70.7 cm³/mol. The standard InChI is InChI=1S/C12H9BrO2S/c13-9-5-12(16-7-9)2-1-8-3-10(14)6-11(15)4-8/h1-7,14-15H/b2-1+. The van der Waals surface area contributed by atoms with Crippen LogP contribution in [0.2, 0.25) is 0 Å². The van der Waals surface area contributed by atoms with Crippen LogP contribution in [0.1, 0.15) is 10.4 Å². The lowest BCUT2D eigenvalue weighted by Crippen LogP contribution is -1.72. The van der Waals surface area contributed by atoms with E-state index in [0.29, 0.717) is 0 Å². The molecule has 2 aromatic rings. The molecule has 1 heterocycles. The van der Waals surface area contributed by atoms with Crippen molar-refractivity contribution in [3.8, 4) is 11.5 Å². The van der Waals surface area contributed by atoms with Crippen LogP contribution in [-0.2, 0) is 0 Å². The summed E-state index contributed by atoms with van der Waals surface area (Å²) < 4.78 is 1.05. The minimum absolute atomic E-state index is 0.0620. The fraction of sp³-hybridized carbons (Fsp3) is 0. The first kappa shape index (κ1) is 11.2. The van der Waals surface area contributed by atoms with Crippen LogP contribution in [0.5, 0.6) is 11.5 Å². The number of phenolic OH excluding ortho intramolecular Hbond substituents is 2. The minimum Gasteiger partial charge on any atom is -0.508 e. The molecule has 0 saturated heterocycles. The van der Waals surface area contributed by atoms with Crippen molar-refractivity contribution < 1.29 is 10.2 Å². The largest absolute Gasteiger partial charge is 0.508 e. The lowest BCUT2D eigenvalue weighted by Gasteiger charge is -1.97. The number of hydrogen-bond donors (Lipinski definition) is 2. The van der Waals surface area contributed by atoms with Gasteiger partial charge in [0.15, 0.2) is 0 Å². The van der Waals surface area contributed by atoms with Crippen molar-refractivity contribution in [3.05, 3.63) is 44.6 Å². The third kappa shape index (κ3) is 2.87. The summed E-state index contributed by atoms with van der Waals surface area (Å²) in [7, 11) is 0. The molecule has 0 spiro atoms. The Morgan fingerprint density at radius 2 is 1.69 bits per heavy atom. The molecule has 0 aliphatic rings. The summed E-state index contributed by atoms with van der Waals surface area (Å²) in [6.07, 6.45) is 3.78. The molecule has 82 valence electrons. The normalized spacial score (nSPS) is 11.1. The van der Waals surface area contributed by atoms with Crippen molar-refractivity contribution in [2.24, 2.45) is 0 Å². The molecule has 1 aromatic carbocycles. The maximum absolute atomic E-state index is 9.30. The molecule has 0 bridgehead atoms. The molecule has 2 N–H and O–H groups in total. The lowest BCUT2D eigenvalue weighted by atomic mass is 10.2. The molecule has 2 nitrogen and oxygen atoms in total. The van der Waals surface area contributed by atoms with Crippen molar-refractivity contribution in [2.75, 3.05) is 0 Å². The van der Waals surface area contributed by atoms with Gasteiger partial charge in [0.25, 0.3) is 0 Å². The van der Waals surface area contributed by atoms with Gasteiger partial charge >= 0.3 is 0 Å². The first-order valence-corrected chi connectivity index (χ1v) is 6.26. The van der Waals surface area contributed by atoms with E-state index >= 15 is 0 Å². The van der Waals surface area contributed by atoms with Gasteiger partial charge < -0.3 is 10.2 Å². The summed E-state index contributed by atoms with van der Waals surface area (Å²) in [5.74, 6) is 0.124. The quantitative estimate of drug-likeness (QED) is 0.876. The second-order valence-electron chi connectivity index (χ2n) is 3.28. The molecular formula is C12H9BrO2S. The highest BCUT2D eigenvalue weighted by atomic mass is 79.9. The number of thiophene rings is 1. The third-order valence-electron chi connectivity index (χ3n) is 1.95. The molecule has 0 aliphatic heterocycles. The van der Waals surface area contributed by atoms with Gasteiger partial charge in [-0.25, -0.2) is 0 Å². The molecule has 0 unspecified atom stereocenters. The van der Waals surface area contributed by atoms with Crippen LogP contribution in [0.4, 0.5) is 0 Å². The Bertz CT molecular complexity index is 511. The Kier molecular flexibility index (Phi) is 3.31. The Morgan fingerprint density at radius 1 is 1.00 bits per heavy atom. The summed E-state index contributed by atoms with van der Waals surface area (Å²) in [5.41, 5.74) is 0.766. The van der Waals surface area contributed by atoms with Crippen LogP contribution in [0.15, 0.2) is 34.1 Å². The van der Waals surface area contributed by atoms with Gasteiger partial charge in [-0.15, -0.1) is 11.3 Å². The van der Waals surface area contributed by atoms with Crippen LogP contribution in [0, 0.1) is 0 Å². The van der Waals surface area contributed by atoms with Crippen molar-refractivity contribution in [2.45, 2.75) is 0 Å². The maximum Gasteiger partial charge on any atom is 0.119 e. The monoisotopic (exact) mass is 296 g/mol. The van der Waals surface area contributed by atoms with Crippen molar-refractivity contribution in [3.63, 3.8) is 0 Å². The van der Waals surface area contributed by atoms with Crippen LogP contribution in [0.25, 0.3) is 12.2 Å². The zero-order valence-electron chi connectivity index (χ0n) is 8.22. The van der Waals surface area contributed by atoms with Gasteiger partial charge in [-0.3, -0.25) is 0 Å². The third-order valence-corrected chi connectivity index (χ3v) is 3.61. The van der Waals surface area contributed by atoms with E-state index < -0.39 is 0 Å². The highest BCUT2D eigenvalue weighted by Crippen LogP contribution is 2.24. The number of aromatic hydroxyl groups is 2. The van der Waals surface area contributed by atoms with Crippen molar-refractivity contribution >= 4 is 39.4 Å². The molecule has 16 heavy (non-hydrogen) atoms. The zero-order valence-corrected chi connectivity index (χ0v) is 10.6. The molecule has 0 amide bonds. The second-order valence-corrected chi connectivity index (χ2v) is 5.14. The Morgan fingerprint density at radius 3 is 2.25 bits per heavy atom. The van der Waals surface area contributed by atoms with E-state index in [-0.39, 0.29) is 11.5 Å². The van der Waals surface area contributed by atoms with Gasteiger partial charge in [0.2, 0.25) is 0 Å². The molecule has 1 aromatic heterocycles. The second kappa shape index (κ2) is 4.72. The first-order chi connectivity index (χ1) is 7.63. The number of hydrogen-bond acceptors (Lipinski definition) is 3. The van der Waals surface area contributed by atoms with Gasteiger partial charge in [-0.2, -0.15) is 0 Å². The molecule has 0 atom stereocenters. The number of benzene rings is 1. The molecule has 0 fully saturated rings. The average Bonchev–Trinajstić information content (AvgIpc) is 2.60. The van der Waals surface area contributed by atoms with E-state index in [4.69, 9.17) is 0 Å². The summed E-state index contributed by atoms with van der Waals surface area (Å²) in [5, 5.41) is 20.6. The SMILES string of the molecule is Oc1cc(O)cc(/C=C/c2cc(Br)cs2)c1. The summed E-state index contributed by atoms with van der Waals surface area (Å²) in [4.78, 5) is 1.11. The molecular weight excluding hydrogens is 288 g/mol. The average molecular weight is 297 g/mol. The summed E-state index contributed by atoms with van der Waals surface area (Å²) in [6.45, 7) is 0. The van der Waals surface area contributed by atoms with Crippen LogP contribution in [0.3, 0.4) is 0 Å². The topological polar surface area (TPSA) is 40.5 Å². The van der Waals surface area contributed by atoms with E-state index in [1.165, 1.54) is 6.07 Å². The van der Waals surface area contributed by atoms with Crippen molar-refractivity contribution in [1.29, 1.82) is 0 Å². The minimum atomic E-state index is 0.0620. The number of phenols is 2. The molecule has 2 rings (SSSR count). The lowest BCUT2D eigenvalue weighted by molar-refractivity contribution is 0.450. The highest BCUT2D eigenvalue weighted by Gasteiger charge is 1.96. The van der Waals surface area contributed by atoms with Crippen molar-refractivity contribution in [1.82, 2.24) is 0 Å². The van der Waals surface area contributed by atoms with E-state index in [9.17, 15) is 10.2 Å². The van der Waals surface area contributed by atoms with Gasteiger partial charge in [0, 0.05) is 20.8 Å². The Balaban J connectivity index is 2.23. The Labute approximate surface area is 106 Å². The fourth-order valence-corrected chi connectivity index (χ4v) is 2.65. The fourth-order valence-electron chi connectivity index (χ4n) is 1.31. The van der Waals surface area contributed by atoms with Crippen LogP contribution in [-0.4, -0.2) is 10.2 Å². The molecule has 4 heteroatoms. The Hall–Kier alpha value is -1.26. The van der Waals surface area contributed by atoms with E-state index in [0.717, 1.165) is 14.9 Å². The first-order valence-electron chi connectivity index (χ1n) is 4.58. The number of halogens is 1. The van der Waals surface area contributed by atoms with Gasteiger partial charge in [0.05, 0.1) is 0 Å². The zero-order chi connectivity index (χ0) is 11.5. The highest BCUT2D eigenvalue weighted by molar-refractivity contribution is 9.10. The summed E-state index contributed by atoms with van der Waals surface area (Å²) in [6, 6.07) is 6.50. The van der Waals surface area contributed by atoms with E-state index in [1.54, 1.807) is 23.5 Å². The van der Waals surface area contributed by atoms with Gasteiger partial charge in [-0.05, 0) is 45.8 Å².